The van der Waals surface area contributed by atoms with Gasteiger partial charge in [0.1, 0.15) is 6.07 Å². The molecule has 0 atom stereocenters. The second-order valence-corrected chi connectivity index (χ2v) is 6.92. The maximum Gasteiger partial charge on any atom is 0.289 e. The number of nitrogens with zero attached hydrogens (tertiary/aromatic N) is 2. The molecule has 3 aromatic rings. The first kappa shape index (κ1) is 13.5. The third kappa shape index (κ3) is 2.35. The highest BCUT2D eigenvalue weighted by Gasteiger charge is 2.20. The molecule has 0 saturated carbocycles. The van der Waals surface area contributed by atoms with Crippen molar-refractivity contribution in [3.05, 3.63) is 41.3 Å². The predicted octanol–water partition coefficient (Wildman–Crippen LogP) is 2.44. The molecule has 0 radical (unpaired) electrons. The van der Waals surface area contributed by atoms with E-state index in [9.17, 15) is 12.8 Å². The molecule has 0 saturated heterocycles. The zero-order valence-corrected chi connectivity index (χ0v) is 11.9. The Morgan fingerprint density at radius 1 is 1.43 bits per heavy atom. The van der Waals surface area contributed by atoms with E-state index in [-0.39, 0.29) is 10.0 Å². The summed E-state index contributed by atoms with van der Waals surface area (Å²) in [6, 6.07) is 6.87. The van der Waals surface area contributed by atoms with Gasteiger partial charge in [0, 0.05) is 11.6 Å². The Balaban J connectivity index is 2.06. The van der Waals surface area contributed by atoms with E-state index in [1.165, 1.54) is 6.20 Å². The van der Waals surface area contributed by atoms with Crippen molar-refractivity contribution in [2.75, 3.05) is 4.72 Å². The number of rotatable bonds is 3. The van der Waals surface area contributed by atoms with E-state index in [2.05, 4.69) is 14.7 Å². The maximum atomic E-state index is 12.9. The molecule has 0 amide bonds. The van der Waals surface area contributed by atoms with Gasteiger partial charge in [-0.3, -0.25) is 4.72 Å². The Labute approximate surface area is 122 Å². The van der Waals surface area contributed by atoms with Gasteiger partial charge in [-0.25, -0.2) is 4.98 Å². The quantitative estimate of drug-likeness (QED) is 0.773. The van der Waals surface area contributed by atoms with Crippen LogP contribution in [0.2, 0.25) is 0 Å². The van der Waals surface area contributed by atoms with Crippen LogP contribution in [0.5, 0.6) is 0 Å². The molecule has 2 aromatic heterocycles. The summed E-state index contributed by atoms with van der Waals surface area (Å²) in [5, 5.41) is 8.89. The molecule has 0 spiro atoms. The number of fused-ring (bicyclic) bond motifs is 1. The molecule has 0 fully saturated rings. The lowest BCUT2D eigenvalue weighted by Crippen LogP contribution is -2.12. The number of nitrogens with one attached hydrogen (secondary N) is 2. The van der Waals surface area contributed by atoms with E-state index < -0.39 is 15.2 Å². The zero-order chi connectivity index (χ0) is 15.0. The van der Waals surface area contributed by atoms with Gasteiger partial charge in [-0.1, -0.05) is 23.5 Å². The van der Waals surface area contributed by atoms with Gasteiger partial charge in [0.15, 0.2) is 5.13 Å². The number of hydrogen-bond acceptors (Lipinski definition) is 5. The van der Waals surface area contributed by atoms with Gasteiger partial charge in [0.05, 0.1) is 23.0 Å². The van der Waals surface area contributed by atoms with Crippen LogP contribution in [0.4, 0.5) is 10.1 Å². The summed E-state index contributed by atoms with van der Waals surface area (Å²) in [6.07, 6.45) is 2.34. The monoisotopic (exact) mass is 322 g/mol. The molecule has 106 valence electrons. The fourth-order valence-electron chi connectivity index (χ4n) is 1.88. The number of anilines is 1. The summed E-state index contributed by atoms with van der Waals surface area (Å²) in [7, 11) is -3.97. The van der Waals surface area contributed by atoms with Gasteiger partial charge in [-0.2, -0.15) is 18.1 Å². The first-order chi connectivity index (χ1) is 10.0. The van der Waals surface area contributed by atoms with Gasteiger partial charge in [0.2, 0.25) is 4.34 Å². The highest BCUT2D eigenvalue weighted by molar-refractivity contribution is 7.94. The van der Waals surface area contributed by atoms with E-state index in [0.717, 1.165) is 6.20 Å². The number of halogens is 1. The van der Waals surface area contributed by atoms with Crippen molar-refractivity contribution in [1.82, 2.24) is 9.97 Å². The van der Waals surface area contributed by atoms with Crippen LogP contribution < -0.4 is 4.72 Å². The highest BCUT2D eigenvalue weighted by Crippen LogP contribution is 2.27. The van der Waals surface area contributed by atoms with Crippen molar-refractivity contribution in [1.29, 1.82) is 5.26 Å². The first-order valence-corrected chi connectivity index (χ1v) is 7.95. The Morgan fingerprint density at radius 3 is 2.90 bits per heavy atom. The van der Waals surface area contributed by atoms with Gasteiger partial charge < -0.3 is 4.98 Å². The van der Waals surface area contributed by atoms with Crippen LogP contribution in [0.15, 0.2) is 34.9 Å². The van der Waals surface area contributed by atoms with Crippen molar-refractivity contribution in [2.45, 2.75) is 4.34 Å². The van der Waals surface area contributed by atoms with Gasteiger partial charge in [-0.15, -0.1) is 0 Å². The van der Waals surface area contributed by atoms with E-state index in [4.69, 9.17) is 5.26 Å². The summed E-state index contributed by atoms with van der Waals surface area (Å²) in [6.45, 7) is 0. The Bertz CT molecular complexity index is 969. The predicted molar refractivity (Wildman–Crippen MR) is 75.9 cm³/mol. The highest BCUT2D eigenvalue weighted by atomic mass is 32.2. The lowest BCUT2D eigenvalue weighted by Gasteiger charge is -2.06. The second kappa shape index (κ2) is 4.83. The number of benzene rings is 1. The zero-order valence-electron chi connectivity index (χ0n) is 10.3. The summed E-state index contributed by atoms with van der Waals surface area (Å²) < 4.78 is 39.2. The molecule has 0 aliphatic rings. The molecule has 21 heavy (non-hydrogen) atoms. The van der Waals surface area contributed by atoms with Crippen molar-refractivity contribution in [3.63, 3.8) is 0 Å². The number of nitriles is 1. The fourth-order valence-corrected chi connectivity index (χ4v) is 3.80. The number of aromatic nitrogens is 2. The molecule has 0 aliphatic carbocycles. The summed E-state index contributed by atoms with van der Waals surface area (Å²) in [5.74, 6) is 0. The van der Waals surface area contributed by atoms with Crippen LogP contribution in [0.3, 0.4) is 0 Å². The third-order valence-corrected chi connectivity index (χ3v) is 5.31. The number of H-pyrrole nitrogens is 1. The van der Waals surface area contributed by atoms with Crippen LogP contribution in [0, 0.1) is 16.5 Å². The van der Waals surface area contributed by atoms with E-state index in [1.807, 2.05) is 6.07 Å². The molecule has 0 aliphatic heterocycles. The summed E-state index contributed by atoms with van der Waals surface area (Å²) in [4.78, 5) is 6.36. The van der Waals surface area contributed by atoms with Crippen LogP contribution in [0.25, 0.3) is 10.9 Å². The standard InChI is InChI=1S/C12H7FN4O2S2/c13-10-6-16-12(20-10)21(18,19)17-9-3-1-2-8-7(4-14)5-15-11(8)9/h1-3,5-6,15,17H. The Kier molecular flexibility index (Phi) is 3.12. The minimum atomic E-state index is -3.97. The normalized spacial score (nSPS) is 11.4. The topological polar surface area (TPSA) is 98.6 Å². The Morgan fingerprint density at radius 2 is 2.24 bits per heavy atom. The number of aromatic amines is 1. The molecular weight excluding hydrogens is 315 g/mol. The third-order valence-electron chi connectivity index (χ3n) is 2.77. The minimum absolute atomic E-state index is 0.268. The lowest BCUT2D eigenvalue weighted by molar-refractivity contribution is 0.600. The fraction of sp³-hybridized carbons (Fsp3) is 0. The molecule has 0 unspecified atom stereocenters. The number of thiazole rings is 1. The SMILES string of the molecule is N#Cc1c[nH]c2c(NS(=O)(=O)c3ncc(F)s3)cccc12. The van der Waals surface area contributed by atoms with Gasteiger partial charge in [0.25, 0.3) is 10.0 Å². The van der Waals surface area contributed by atoms with Crippen molar-refractivity contribution in [2.24, 2.45) is 0 Å². The molecule has 2 N–H and O–H groups in total. The van der Waals surface area contributed by atoms with E-state index in [0.29, 0.717) is 27.8 Å². The van der Waals surface area contributed by atoms with E-state index in [1.54, 1.807) is 18.2 Å². The number of para-hydroxylation sites is 1. The molecule has 0 bridgehead atoms. The van der Waals surface area contributed by atoms with Crippen molar-refractivity contribution >= 4 is 38.0 Å². The average molecular weight is 322 g/mol. The Hall–Kier alpha value is -2.44. The molecule has 9 heteroatoms. The summed E-state index contributed by atoms with van der Waals surface area (Å²) in [5.41, 5.74) is 1.16. The molecule has 2 heterocycles. The number of hydrogen-bond donors (Lipinski definition) is 2. The average Bonchev–Trinajstić information content (AvgIpc) is 3.05. The second-order valence-electron chi connectivity index (χ2n) is 4.08. The van der Waals surface area contributed by atoms with Crippen LogP contribution in [-0.2, 0) is 10.0 Å². The lowest BCUT2D eigenvalue weighted by atomic mass is 10.2. The van der Waals surface area contributed by atoms with Gasteiger partial charge in [-0.05, 0) is 6.07 Å². The molecule has 1 aromatic carbocycles. The summed E-state index contributed by atoms with van der Waals surface area (Å²) >= 11 is 0.438. The van der Waals surface area contributed by atoms with Crippen molar-refractivity contribution in [3.8, 4) is 6.07 Å². The maximum absolute atomic E-state index is 12.9. The van der Waals surface area contributed by atoms with E-state index >= 15 is 0 Å². The molecule has 3 rings (SSSR count). The van der Waals surface area contributed by atoms with Crippen LogP contribution in [0.1, 0.15) is 5.56 Å². The minimum Gasteiger partial charge on any atom is -0.358 e. The van der Waals surface area contributed by atoms with Crippen LogP contribution >= 0.6 is 11.3 Å². The van der Waals surface area contributed by atoms with Crippen LogP contribution in [-0.4, -0.2) is 18.4 Å². The largest absolute Gasteiger partial charge is 0.358 e. The smallest absolute Gasteiger partial charge is 0.289 e. The molecular formula is C12H7FN4O2S2. The first-order valence-electron chi connectivity index (χ1n) is 5.65. The van der Waals surface area contributed by atoms with Crippen molar-refractivity contribution < 1.29 is 12.8 Å². The molecule has 6 nitrogen and oxygen atoms in total. The van der Waals surface area contributed by atoms with Gasteiger partial charge >= 0.3 is 0 Å². The number of sulfonamides is 1.